The first-order chi connectivity index (χ1) is 14.0. The molecule has 1 heterocycles. The molecule has 3 aromatic rings. The first kappa shape index (κ1) is 18.9. The molecule has 0 aromatic heterocycles. The smallest absolute Gasteiger partial charge is 0.286 e. The Morgan fingerprint density at radius 3 is 2.55 bits per heavy atom. The Balaban J connectivity index is 1.62. The summed E-state index contributed by atoms with van der Waals surface area (Å²) in [6, 6.07) is 17.8. The topological polar surface area (TPSA) is 77.0 Å². The number of methoxy groups -OCH3 is 1. The Kier molecular flexibility index (Phi) is 4.94. The molecule has 8 heteroatoms. The van der Waals surface area contributed by atoms with Gasteiger partial charge in [0.05, 0.1) is 12.8 Å². The van der Waals surface area contributed by atoms with Crippen molar-refractivity contribution in [2.24, 2.45) is 4.40 Å². The molecule has 3 aromatic carbocycles. The zero-order valence-electron chi connectivity index (χ0n) is 15.4. The van der Waals surface area contributed by atoms with Crippen LogP contribution in [0.15, 0.2) is 76.0 Å². The number of nitrogens with zero attached hydrogens (tertiary/aromatic N) is 1. The Bertz CT molecular complexity index is 1210. The largest absolute Gasteiger partial charge is 0.493 e. The SMILES string of the molecule is COc1cc(C2=NS(=O)(=O)c3ccccc3N2)ccc1OCc1ccccc1F. The fraction of sp³-hybridized carbons (Fsp3) is 0.0952. The van der Waals surface area contributed by atoms with Crippen molar-refractivity contribution in [2.45, 2.75) is 11.5 Å². The fourth-order valence-corrected chi connectivity index (χ4v) is 4.08. The first-order valence-electron chi connectivity index (χ1n) is 8.73. The lowest BCUT2D eigenvalue weighted by molar-refractivity contribution is 0.279. The second kappa shape index (κ2) is 7.56. The molecule has 0 bridgehead atoms. The summed E-state index contributed by atoms with van der Waals surface area (Å²) in [6.07, 6.45) is 0. The van der Waals surface area contributed by atoms with Gasteiger partial charge in [-0.2, -0.15) is 8.42 Å². The van der Waals surface area contributed by atoms with Gasteiger partial charge in [-0.25, -0.2) is 4.39 Å². The van der Waals surface area contributed by atoms with Crippen molar-refractivity contribution in [3.63, 3.8) is 0 Å². The van der Waals surface area contributed by atoms with Crippen molar-refractivity contribution < 1.29 is 22.3 Å². The minimum atomic E-state index is -3.81. The van der Waals surface area contributed by atoms with Crippen LogP contribution in [-0.4, -0.2) is 21.4 Å². The predicted molar refractivity (Wildman–Crippen MR) is 108 cm³/mol. The van der Waals surface area contributed by atoms with Crippen LogP contribution in [0.1, 0.15) is 11.1 Å². The molecule has 0 fully saturated rings. The van der Waals surface area contributed by atoms with Gasteiger partial charge < -0.3 is 14.8 Å². The molecule has 0 radical (unpaired) electrons. The van der Waals surface area contributed by atoms with Gasteiger partial charge in [-0.05, 0) is 36.4 Å². The normalized spacial score (nSPS) is 14.3. The lowest BCUT2D eigenvalue weighted by Crippen LogP contribution is -2.22. The lowest BCUT2D eigenvalue weighted by Gasteiger charge is -2.19. The molecular weight excluding hydrogens is 395 g/mol. The van der Waals surface area contributed by atoms with Crippen LogP contribution in [0.3, 0.4) is 0 Å². The van der Waals surface area contributed by atoms with Gasteiger partial charge in [0, 0.05) is 11.1 Å². The van der Waals surface area contributed by atoms with Gasteiger partial charge in [0.1, 0.15) is 17.3 Å². The van der Waals surface area contributed by atoms with Crippen molar-refractivity contribution in [3.8, 4) is 11.5 Å². The van der Waals surface area contributed by atoms with Crippen molar-refractivity contribution in [2.75, 3.05) is 12.4 Å². The van der Waals surface area contributed by atoms with E-state index in [1.807, 2.05) is 0 Å². The van der Waals surface area contributed by atoms with E-state index in [1.54, 1.807) is 54.6 Å². The van der Waals surface area contributed by atoms with Crippen molar-refractivity contribution in [1.82, 2.24) is 0 Å². The minimum Gasteiger partial charge on any atom is -0.493 e. The number of amidine groups is 1. The van der Waals surface area contributed by atoms with Crippen LogP contribution in [0.5, 0.6) is 11.5 Å². The summed E-state index contributed by atoms with van der Waals surface area (Å²) in [5.41, 5.74) is 1.38. The highest BCUT2D eigenvalue weighted by atomic mass is 32.2. The van der Waals surface area contributed by atoms with Crippen LogP contribution < -0.4 is 14.8 Å². The molecule has 0 saturated carbocycles. The highest BCUT2D eigenvalue weighted by molar-refractivity contribution is 7.90. The summed E-state index contributed by atoms with van der Waals surface area (Å²) in [4.78, 5) is 0.126. The predicted octanol–water partition coefficient (Wildman–Crippen LogP) is 3.97. The molecule has 4 rings (SSSR count). The number of fused-ring (bicyclic) bond motifs is 1. The average molecular weight is 412 g/mol. The molecule has 1 aliphatic heterocycles. The summed E-state index contributed by atoms with van der Waals surface area (Å²) in [6.45, 7) is 0.0311. The van der Waals surface area contributed by atoms with E-state index in [-0.39, 0.29) is 23.2 Å². The van der Waals surface area contributed by atoms with E-state index in [0.29, 0.717) is 28.3 Å². The van der Waals surface area contributed by atoms with Crippen LogP contribution in [-0.2, 0) is 16.6 Å². The molecule has 0 unspecified atom stereocenters. The molecule has 0 amide bonds. The van der Waals surface area contributed by atoms with Crippen molar-refractivity contribution >= 4 is 21.5 Å². The quantitative estimate of drug-likeness (QED) is 0.686. The molecule has 6 nitrogen and oxygen atoms in total. The van der Waals surface area contributed by atoms with E-state index in [0.717, 1.165) is 0 Å². The van der Waals surface area contributed by atoms with Gasteiger partial charge in [0.2, 0.25) is 0 Å². The number of nitrogens with one attached hydrogen (secondary N) is 1. The Morgan fingerprint density at radius 1 is 1.00 bits per heavy atom. The van der Waals surface area contributed by atoms with Gasteiger partial charge in [-0.1, -0.05) is 30.3 Å². The van der Waals surface area contributed by atoms with Gasteiger partial charge >= 0.3 is 0 Å². The van der Waals surface area contributed by atoms with Crippen LogP contribution in [0.2, 0.25) is 0 Å². The molecule has 0 saturated heterocycles. The maximum atomic E-state index is 13.8. The van der Waals surface area contributed by atoms with Crippen LogP contribution in [0.25, 0.3) is 0 Å². The van der Waals surface area contributed by atoms with E-state index in [9.17, 15) is 12.8 Å². The molecule has 148 valence electrons. The Morgan fingerprint density at radius 2 is 1.76 bits per heavy atom. The molecule has 0 atom stereocenters. The third-order valence-corrected chi connectivity index (χ3v) is 5.74. The average Bonchev–Trinajstić information content (AvgIpc) is 2.72. The third kappa shape index (κ3) is 3.79. The minimum absolute atomic E-state index is 0.0311. The van der Waals surface area contributed by atoms with E-state index >= 15 is 0 Å². The van der Waals surface area contributed by atoms with Gasteiger partial charge in [0.25, 0.3) is 10.0 Å². The highest BCUT2D eigenvalue weighted by Crippen LogP contribution is 2.32. The molecular formula is C21H17FN2O4S. The van der Waals surface area contributed by atoms with E-state index in [1.165, 1.54) is 19.2 Å². The highest BCUT2D eigenvalue weighted by Gasteiger charge is 2.25. The van der Waals surface area contributed by atoms with Gasteiger partial charge in [0.15, 0.2) is 17.3 Å². The van der Waals surface area contributed by atoms with Crippen LogP contribution in [0.4, 0.5) is 10.1 Å². The number of sulfonamides is 1. The second-order valence-corrected chi connectivity index (χ2v) is 7.85. The lowest BCUT2D eigenvalue weighted by atomic mass is 10.1. The number of hydrogen-bond acceptors (Lipinski definition) is 5. The number of rotatable bonds is 5. The zero-order chi connectivity index (χ0) is 20.4. The number of ether oxygens (including phenoxy) is 2. The summed E-state index contributed by atoms with van der Waals surface area (Å²) in [7, 11) is -2.34. The maximum Gasteiger partial charge on any atom is 0.286 e. The summed E-state index contributed by atoms with van der Waals surface area (Å²) in [5.74, 6) is 0.606. The summed E-state index contributed by atoms with van der Waals surface area (Å²) < 4.78 is 53.6. The van der Waals surface area contributed by atoms with Crippen LogP contribution >= 0.6 is 0 Å². The van der Waals surface area contributed by atoms with Crippen molar-refractivity contribution in [1.29, 1.82) is 0 Å². The summed E-state index contributed by atoms with van der Waals surface area (Å²) >= 11 is 0. The van der Waals surface area contributed by atoms with Crippen LogP contribution in [0, 0.1) is 5.82 Å². The first-order valence-corrected chi connectivity index (χ1v) is 10.2. The third-order valence-electron chi connectivity index (χ3n) is 4.41. The molecule has 29 heavy (non-hydrogen) atoms. The summed E-state index contributed by atoms with van der Waals surface area (Å²) in [5, 5.41) is 3.03. The molecule has 1 aliphatic rings. The maximum absolute atomic E-state index is 13.8. The zero-order valence-corrected chi connectivity index (χ0v) is 16.2. The van der Waals surface area contributed by atoms with Gasteiger partial charge in [-0.15, -0.1) is 4.40 Å². The number of anilines is 1. The number of benzene rings is 3. The van der Waals surface area contributed by atoms with E-state index < -0.39 is 10.0 Å². The molecule has 0 aliphatic carbocycles. The van der Waals surface area contributed by atoms with E-state index in [2.05, 4.69) is 9.71 Å². The number of halogens is 1. The van der Waals surface area contributed by atoms with Crippen molar-refractivity contribution in [3.05, 3.63) is 83.7 Å². The molecule has 0 spiro atoms. The number of para-hydroxylation sites is 1. The second-order valence-electron chi connectivity index (χ2n) is 6.28. The standard InChI is InChI=1S/C21H17FN2O4S/c1-27-19-12-14(10-11-18(19)28-13-15-6-2-3-7-16(15)22)21-23-17-8-4-5-9-20(17)29(25,26)24-21/h2-12H,13H2,1H3,(H,23,24). The van der Waals surface area contributed by atoms with Gasteiger partial charge in [-0.3, -0.25) is 0 Å². The fourth-order valence-electron chi connectivity index (χ4n) is 2.94. The Hall–Kier alpha value is -3.39. The monoisotopic (exact) mass is 412 g/mol. The van der Waals surface area contributed by atoms with E-state index in [4.69, 9.17) is 9.47 Å². The number of hydrogen-bond donors (Lipinski definition) is 1. The Labute approximate surface area is 167 Å². The molecule has 1 N–H and O–H groups in total.